The lowest BCUT2D eigenvalue weighted by atomic mass is 10.2. The van der Waals surface area contributed by atoms with Crippen LogP contribution in [0.2, 0.25) is 0 Å². The maximum absolute atomic E-state index is 9.06. The van der Waals surface area contributed by atoms with Gasteiger partial charge in [-0.15, -0.1) is 4.62 Å². The van der Waals surface area contributed by atoms with E-state index in [0.717, 1.165) is 18.7 Å². The zero-order chi connectivity index (χ0) is 15.9. The quantitative estimate of drug-likeness (QED) is 0.365. The topological polar surface area (TPSA) is 89.2 Å². The number of methoxy groups -OCH3 is 2. The number of para-hydroxylation sites is 1. The molecule has 4 N–H and O–H groups in total. The van der Waals surface area contributed by atoms with Gasteiger partial charge in [0.25, 0.3) is 0 Å². The molecule has 1 aromatic rings. The Hall–Kier alpha value is -1.11. The molecule has 1 unspecified atom stereocenters. The Bertz CT molecular complexity index is 443. The summed E-state index contributed by atoms with van der Waals surface area (Å²) in [5.74, 6) is 1.36. The van der Waals surface area contributed by atoms with Gasteiger partial charge in [0.2, 0.25) is 7.64 Å². The number of nitrogens with one attached hydrogen (secondary N) is 1. The lowest BCUT2D eigenvalue weighted by Crippen LogP contribution is -2.21. The molecule has 0 radical (unpaired) electrons. The molecule has 0 aliphatic carbocycles. The Labute approximate surface area is 126 Å². The number of nitrogens with zero attached hydrogens (tertiary/aromatic N) is 1. The Morgan fingerprint density at radius 2 is 2.05 bits per heavy atom. The van der Waals surface area contributed by atoms with Crippen LogP contribution in [0.25, 0.3) is 0 Å². The van der Waals surface area contributed by atoms with Gasteiger partial charge in [-0.2, -0.15) is 5.50 Å². The first kappa shape index (κ1) is 17.9. The molecule has 0 bridgehead atoms. The van der Waals surface area contributed by atoms with Gasteiger partial charge >= 0.3 is 0 Å². The van der Waals surface area contributed by atoms with Crippen LogP contribution in [0.15, 0.2) is 18.2 Å². The third-order valence-corrected chi connectivity index (χ3v) is 4.62. The average molecular weight is 318 g/mol. The average Bonchev–Trinajstić information content (AvgIpc) is 2.41. The van der Waals surface area contributed by atoms with Gasteiger partial charge in [0.05, 0.1) is 26.6 Å². The second-order valence-corrected chi connectivity index (χ2v) is 7.72. The molecule has 0 aliphatic heterocycles. The first-order valence-corrected chi connectivity index (χ1v) is 9.01. The van der Waals surface area contributed by atoms with Gasteiger partial charge in [0, 0.05) is 20.0 Å². The third kappa shape index (κ3) is 6.03. The van der Waals surface area contributed by atoms with Crippen LogP contribution in [-0.2, 0) is 4.62 Å². The highest BCUT2D eigenvalue weighted by atomic mass is 31.2. The van der Waals surface area contributed by atoms with E-state index in [2.05, 4.69) is 5.32 Å². The van der Waals surface area contributed by atoms with Crippen molar-refractivity contribution in [3.8, 4) is 11.5 Å². The molecule has 1 atom stereocenters. The minimum absolute atomic E-state index is 0.673. The summed E-state index contributed by atoms with van der Waals surface area (Å²) < 4.78 is 15.8. The maximum Gasteiger partial charge on any atom is 0.236 e. The lowest BCUT2D eigenvalue weighted by molar-refractivity contribution is -0.260. The molecule has 0 saturated carbocycles. The predicted octanol–water partition coefficient (Wildman–Crippen LogP) is 2.19. The number of benzene rings is 1. The summed E-state index contributed by atoms with van der Waals surface area (Å²) in [6, 6.07) is 5.67. The second-order valence-electron chi connectivity index (χ2n) is 4.76. The SMILES string of the molecule is COc1cccc(NCCC[P+](C)(N)ON(C)O)c1OC. The first-order chi connectivity index (χ1) is 9.89. The van der Waals surface area contributed by atoms with E-state index in [1.807, 2.05) is 24.9 Å². The minimum atomic E-state index is -2.07. The van der Waals surface area contributed by atoms with Crippen LogP contribution in [0.5, 0.6) is 11.5 Å². The predicted molar refractivity (Wildman–Crippen MR) is 85.2 cm³/mol. The van der Waals surface area contributed by atoms with Gasteiger partial charge in [-0.05, 0) is 17.4 Å². The summed E-state index contributed by atoms with van der Waals surface area (Å²) in [6.45, 7) is 2.54. The van der Waals surface area contributed by atoms with Crippen molar-refractivity contribution in [3.63, 3.8) is 0 Å². The van der Waals surface area contributed by atoms with E-state index in [9.17, 15) is 0 Å². The Balaban J connectivity index is 2.50. The van der Waals surface area contributed by atoms with E-state index in [1.54, 1.807) is 14.2 Å². The van der Waals surface area contributed by atoms with Crippen LogP contribution in [0.1, 0.15) is 6.42 Å². The summed E-state index contributed by atoms with van der Waals surface area (Å²) >= 11 is 0. The highest BCUT2D eigenvalue weighted by Crippen LogP contribution is 2.48. The monoisotopic (exact) mass is 318 g/mol. The van der Waals surface area contributed by atoms with E-state index < -0.39 is 7.64 Å². The van der Waals surface area contributed by atoms with Gasteiger partial charge in [0.15, 0.2) is 11.5 Å². The van der Waals surface area contributed by atoms with Crippen molar-refractivity contribution in [1.82, 2.24) is 5.23 Å². The molecule has 0 aliphatic rings. The van der Waals surface area contributed by atoms with Crippen LogP contribution < -0.4 is 20.3 Å². The van der Waals surface area contributed by atoms with E-state index in [0.29, 0.717) is 22.9 Å². The van der Waals surface area contributed by atoms with Gasteiger partial charge in [-0.25, -0.2) is 0 Å². The molecule has 1 rings (SSSR count). The van der Waals surface area contributed by atoms with Crippen molar-refractivity contribution < 1.29 is 19.3 Å². The van der Waals surface area contributed by atoms with Crippen LogP contribution in [-0.4, -0.2) is 51.1 Å². The largest absolute Gasteiger partial charge is 0.493 e. The Morgan fingerprint density at radius 1 is 1.33 bits per heavy atom. The standard InChI is InChI=1S/C13H25N3O4P/c1-16(17)20-21(4,14)10-6-9-15-11-7-5-8-12(18-2)13(11)19-3/h5,7-8,15,17H,6,9-10,14H2,1-4H3/q+1. The molecule has 21 heavy (non-hydrogen) atoms. The van der Waals surface area contributed by atoms with Crippen LogP contribution >= 0.6 is 7.64 Å². The van der Waals surface area contributed by atoms with Gasteiger partial charge in [-0.1, -0.05) is 6.07 Å². The fourth-order valence-corrected chi connectivity index (χ4v) is 3.36. The summed E-state index contributed by atoms with van der Waals surface area (Å²) in [4.78, 5) is 0. The van der Waals surface area contributed by atoms with Crippen molar-refractivity contribution >= 4 is 13.3 Å². The number of rotatable bonds is 9. The smallest absolute Gasteiger partial charge is 0.236 e. The van der Waals surface area contributed by atoms with Crippen molar-refractivity contribution in [2.75, 3.05) is 46.0 Å². The summed E-state index contributed by atoms with van der Waals surface area (Å²) in [7, 11) is 2.55. The van der Waals surface area contributed by atoms with Crippen molar-refractivity contribution in [3.05, 3.63) is 18.2 Å². The van der Waals surface area contributed by atoms with Crippen LogP contribution in [0, 0.1) is 0 Å². The number of nitrogens with two attached hydrogens (primary N) is 1. The molecule has 0 amide bonds. The fraction of sp³-hybridized carbons (Fsp3) is 0.538. The van der Waals surface area contributed by atoms with E-state index in [1.165, 1.54) is 7.05 Å². The lowest BCUT2D eigenvalue weighted by Gasteiger charge is -2.18. The molecular weight excluding hydrogens is 293 g/mol. The molecule has 0 heterocycles. The molecule has 0 saturated heterocycles. The molecule has 1 aromatic carbocycles. The summed E-state index contributed by atoms with van der Waals surface area (Å²) in [5, 5.41) is 13.0. The van der Waals surface area contributed by atoms with Crippen LogP contribution in [0.4, 0.5) is 5.69 Å². The first-order valence-electron chi connectivity index (χ1n) is 6.61. The molecule has 0 spiro atoms. The molecule has 120 valence electrons. The highest BCUT2D eigenvalue weighted by molar-refractivity contribution is 7.68. The minimum Gasteiger partial charge on any atom is -0.493 e. The molecule has 0 fully saturated rings. The van der Waals surface area contributed by atoms with Gasteiger partial charge < -0.3 is 14.8 Å². The van der Waals surface area contributed by atoms with E-state index in [-0.39, 0.29) is 0 Å². The van der Waals surface area contributed by atoms with Crippen molar-refractivity contribution in [1.29, 1.82) is 0 Å². The normalized spacial score (nSPS) is 13.9. The number of anilines is 1. The van der Waals surface area contributed by atoms with E-state index >= 15 is 0 Å². The zero-order valence-electron chi connectivity index (χ0n) is 13.0. The van der Waals surface area contributed by atoms with Crippen LogP contribution in [0.3, 0.4) is 0 Å². The summed E-state index contributed by atoms with van der Waals surface area (Å²) in [6.07, 6.45) is 1.51. The Kier molecular flexibility index (Phi) is 7.14. The second kappa shape index (κ2) is 8.36. The molecule has 7 nitrogen and oxygen atoms in total. The zero-order valence-corrected chi connectivity index (χ0v) is 13.9. The Morgan fingerprint density at radius 3 is 2.62 bits per heavy atom. The van der Waals surface area contributed by atoms with E-state index in [4.69, 9.17) is 24.8 Å². The van der Waals surface area contributed by atoms with Gasteiger partial charge in [-0.3, -0.25) is 5.21 Å². The van der Waals surface area contributed by atoms with Gasteiger partial charge in [0.1, 0.15) is 6.16 Å². The summed E-state index contributed by atoms with van der Waals surface area (Å²) in [5.41, 5.74) is 6.88. The third-order valence-electron chi connectivity index (χ3n) is 2.80. The number of ether oxygens (including phenoxy) is 2. The van der Waals surface area contributed by atoms with Crippen molar-refractivity contribution in [2.45, 2.75) is 6.42 Å². The maximum atomic E-state index is 9.06. The molecule has 0 aromatic heterocycles. The van der Waals surface area contributed by atoms with Crippen molar-refractivity contribution in [2.24, 2.45) is 5.50 Å². The number of hydrogen-bond acceptors (Lipinski definition) is 7. The highest BCUT2D eigenvalue weighted by Gasteiger charge is 2.30. The fourth-order valence-electron chi connectivity index (χ4n) is 1.95. The number of hydroxylamine groups is 2. The molecule has 8 heteroatoms. The number of hydrogen-bond donors (Lipinski definition) is 3. The molecular formula is C13H25N3O4P+.